The van der Waals surface area contributed by atoms with Crippen LogP contribution in [0, 0.1) is 0 Å². The Morgan fingerprint density at radius 1 is 1.57 bits per heavy atom. The predicted molar refractivity (Wildman–Crippen MR) is 51.7 cm³/mol. The number of phenolic OH excluding ortho intramolecular Hbond substituents is 1. The fourth-order valence-corrected chi connectivity index (χ4v) is 1.70. The summed E-state index contributed by atoms with van der Waals surface area (Å²) in [6, 6.07) is 3.14. The van der Waals surface area contributed by atoms with Crippen molar-refractivity contribution in [3.05, 3.63) is 17.7 Å². The van der Waals surface area contributed by atoms with Crippen LogP contribution in [0.1, 0.15) is 18.0 Å². The summed E-state index contributed by atoms with van der Waals surface area (Å²) in [5, 5.41) is 9.55. The summed E-state index contributed by atoms with van der Waals surface area (Å²) in [7, 11) is 1.51. The molecule has 4 nitrogen and oxygen atoms in total. The van der Waals surface area contributed by atoms with Crippen LogP contribution in [0.4, 0.5) is 0 Å². The first kappa shape index (κ1) is 9.15. The maximum atomic E-state index is 9.55. The lowest BCUT2D eigenvalue weighted by atomic mass is 10.00. The Labute approximate surface area is 82.2 Å². The van der Waals surface area contributed by atoms with Crippen molar-refractivity contribution in [1.29, 1.82) is 0 Å². The average molecular weight is 195 g/mol. The molecule has 76 valence electrons. The molecule has 1 aliphatic heterocycles. The zero-order chi connectivity index (χ0) is 10.1. The van der Waals surface area contributed by atoms with Crippen molar-refractivity contribution in [2.75, 3.05) is 13.7 Å². The number of aromatic hydroxyl groups is 1. The number of nitrogens with two attached hydrogens (primary N) is 1. The van der Waals surface area contributed by atoms with Gasteiger partial charge in [-0.05, 0) is 12.1 Å². The maximum absolute atomic E-state index is 9.55. The van der Waals surface area contributed by atoms with Gasteiger partial charge in [-0.2, -0.15) is 0 Å². The summed E-state index contributed by atoms with van der Waals surface area (Å²) < 4.78 is 10.5. The van der Waals surface area contributed by atoms with Crippen molar-refractivity contribution in [3.8, 4) is 17.2 Å². The lowest BCUT2D eigenvalue weighted by molar-refractivity contribution is 0.259. The Hall–Kier alpha value is -1.42. The van der Waals surface area contributed by atoms with E-state index in [1.165, 1.54) is 7.11 Å². The molecule has 4 heteroatoms. The first-order chi connectivity index (χ1) is 6.74. The molecule has 2 rings (SSSR count). The third kappa shape index (κ3) is 1.28. The van der Waals surface area contributed by atoms with Crippen LogP contribution in [0.2, 0.25) is 0 Å². The smallest absolute Gasteiger partial charge is 0.168 e. The summed E-state index contributed by atoms with van der Waals surface area (Å²) in [6.07, 6.45) is 0.743. The summed E-state index contributed by atoms with van der Waals surface area (Å²) in [5.41, 5.74) is 6.68. The van der Waals surface area contributed by atoms with E-state index >= 15 is 0 Å². The van der Waals surface area contributed by atoms with Gasteiger partial charge in [-0.15, -0.1) is 0 Å². The van der Waals surface area contributed by atoms with Gasteiger partial charge < -0.3 is 20.3 Å². The maximum Gasteiger partial charge on any atom is 0.168 e. The number of hydrogen-bond acceptors (Lipinski definition) is 4. The second kappa shape index (κ2) is 3.38. The molecule has 1 unspecified atom stereocenters. The Bertz CT molecular complexity index is 351. The van der Waals surface area contributed by atoms with Gasteiger partial charge in [0, 0.05) is 12.5 Å². The largest absolute Gasteiger partial charge is 0.504 e. The lowest BCUT2D eigenvalue weighted by Gasteiger charge is -2.25. The van der Waals surface area contributed by atoms with Gasteiger partial charge in [0.1, 0.15) is 5.75 Å². The van der Waals surface area contributed by atoms with Crippen LogP contribution in [-0.2, 0) is 0 Å². The highest BCUT2D eigenvalue weighted by molar-refractivity contribution is 5.55. The Kier molecular flexibility index (Phi) is 2.21. The van der Waals surface area contributed by atoms with Crippen molar-refractivity contribution in [3.63, 3.8) is 0 Å². The number of hydrogen-bond donors (Lipinski definition) is 2. The van der Waals surface area contributed by atoms with Crippen molar-refractivity contribution >= 4 is 0 Å². The molecule has 0 bridgehead atoms. The summed E-state index contributed by atoms with van der Waals surface area (Å²) >= 11 is 0. The highest BCUT2D eigenvalue weighted by atomic mass is 16.5. The van der Waals surface area contributed by atoms with Gasteiger partial charge in [0.25, 0.3) is 0 Å². The van der Waals surface area contributed by atoms with Crippen LogP contribution in [0.15, 0.2) is 12.1 Å². The number of ether oxygens (including phenoxy) is 2. The van der Waals surface area contributed by atoms with Crippen LogP contribution >= 0.6 is 0 Å². The summed E-state index contributed by atoms with van der Waals surface area (Å²) in [6.45, 7) is 0.613. The summed E-state index contributed by atoms with van der Waals surface area (Å²) in [5.74, 6) is 1.24. The van der Waals surface area contributed by atoms with E-state index in [1.807, 2.05) is 0 Å². The molecule has 0 radical (unpaired) electrons. The molecule has 0 saturated carbocycles. The standard InChI is InChI=1S/C10H13NO3/c1-13-10-7(12)2-3-8-9(10)6(11)4-5-14-8/h2-3,6,12H,4-5,11H2,1H3. The number of methoxy groups -OCH3 is 1. The fraction of sp³-hybridized carbons (Fsp3) is 0.400. The molecule has 14 heavy (non-hydrogen) atoms. The Balaban J connectivity index is 2.57. The normalized spacial score (nSPS) is 19.7. The van der Waals surface area contributed by atoms with E-state index in [9.17, 15) is 5.11 Å². The highest BCUT2D eigenvalue weighted by Crippen LogP contribution is 2.42. The van der Waals surface area contributed by atoms with Crippen molar-refractivity contribution in [1.82, 2.24) is 0 Å². The van der Waals surface area contributed by atoms with Crippen LogP contribution < -0.4 is 15.2 Å². The van der Waals surface area contributed by atoms with E-state index < -0.39 is 0 Å². The van der Waals surface area contributed by atoms with E-state index in [4.69, 9.17) is 15.2 Å². The molecule has 0 saturated heterocycles. The molecule has 1 aromatic rings. The first-order valence-electron chi connectivity index (χ1n) is 4.52. The minimum Gasteiger partial charge on any atom is -0.504 e. The van der Waals surface area contributed by atoms with E-state index in [0.717, 1.165) is 12.0 Å². The zero-order valence-electron chi connectivity index (χ0n) is 7.99. The topological polar surface area (TPSA) is 64.7 Å². The summed E-state index contributed by atoms with van der Waals surface area (Å²) in [4.78, 5) is 0. The van der Waals surface area contributed by atoms with Gasteiger partial charge in [0.2, 0.25) is 0 Å². The molecule has 0 fully saturated rings. The van der Waals surface area contributed by atoms with Crippen LogP contribution in [0.25, 0.3) is 0 Å². The van der Waals surface area contributed by atoms with Gasteiger partial charge in [-0.3, -0.25) is 0 Å². The number of phenols is 1. The minimum absolute atomic E-state index is 0.104. The monoisotopic (exact) mass is 195 g/mol. The molecular weight excluding hydrogens is 182 g/mol. The van der Waals surface area contributed by atoms with Gasteiger partial charge in [-0.1, -0.05) is 0 Å². The second-order valence-electron chi connectivity index (χ2n) is 3.27. The molecule has 0 aliphatic carbocycles. The average Bonchev–Trinajstić information content (AvgIpc) is 2.19. The molecule has 0 spiro atoms. The molecule has 0 amide bonds. The van der Waals surface area contributed by atoms with Crippen LogP contribution in [0.5, 0.6) is 17.2 Å². The van der Waals surface area contributed by atoms with Gasteiger partial charge >= 0.3 is 0 Å². The molecule has 3 N–H and O–H groups in total. The van der Waals surface area contributed by atoms with Crippen molar-refractivity contribution in [2.24, 2.45) is 5.73 Å². The molecule has 1 aliphatic rings. The van der Waals surface area contributed by atoms with Gasteiger partial charge in [-0.25, -0.2) is 0 Å². The molecule has 1 atom stereocenters. The molecule has 1 aromatic carbocycles. The second-order valence-corrected chi connectivity index (χ2v) is 3.27. The molecule has 1 heterocycles. The van der Waals surface area contributed by atoms with Gasteiger partial charge in [0.05, 0.1) is 19.3 Å². The van der Waals surface area contributed by atoms with Crippen molar-refractivity contribution in [2.45, 2.75) is 12.5 Å². The first-order valence-corrected chi connectivity index (χ1v) is 4.52. The Morgan fingerprint density at radius 2 is 2.36 bits per heavy atom. The zero-order valence-corrected chi connectivity index (χ0v) is 7.99. The van der Waals surface area contributed by atoms with E-state index in [-0.39, 0.29) is 11.8 Å². The SMILES string of the molecule is COc1c(O)ccc2c1C(N)CCO2. The number of fused-ring (bicyclic) bond motifs is 1. The van der Waals surface area contributed by atoms with Crippen LogP contribution in [-0.4, -0.2) is 18.8 Å². The third-order valence-electron chi connectivity index (χ3n) is 2.40. The lowest BCUT2D eigenvalue weighted by Crippen LogP contribution is -2.21. The quantitative estimate of drug-likeness (QED) is 0.706. The highest BCUT2D eigenvalue weighted by Gasteiger charge is 2.24. The van der Waals surface area contributed by atoms with E-state index in [1.54, 1.807) is 12.1 Å². The predicted octanol–water partition coefficient (Wildman–Crippen LogP) is 1.18. The minimum atomic E-state index is -0.124. The fourth-order valence-electron chi connectivity index (χ4n) is 1.70. The molecular formula is C10H13NO3. The van der Waals surface area contributed by atoms with Crippen molar-refractivity contribution < 1.29 is 14.6 Å². The van der Waals surface area contributed by atoms with E-state index in [2.05, 4.69) is 0 Å². The Morgan fingerprint density at radius 3 is 3.07 bits per heavy atom. The molecule has 0 aromatic heterocycles. The number of benzene rings is 1. The van der Waals surface area contributed by atoms with Gasteiger partial charge in [0.15, 0.2) is 11.5 Å². The third-order valence-corrected chi connectivity index (χ3v) is 2.40. The van der Waals surface area contributed by atoms with Crippen LogP contribution in [0.3, 0.4) is 0 Å². The number of rotatable bonds is 1. The van der Waals surface area contributed by atoms with E-state index in [0.29, 0.717) is 18.1 Å².